The fourth-order valence-corrected chi connectivity index (χ4v) is 3.27. The van der Waals surface area contributed by atoms with Gasteiger partial charge in [0, 0.05) is 23.9 Å². The Morgan fingerprint density at radius 1 is 1.15 bits per heavy atom. The van der Waals surface area contributed by atoms with E-state index in [9.17, 15) is 15.0 Å². The number of carbonyl (C=O) groups excluding carboxylic acids is 1. The molecule has 1 fully saturated rings. The molecule has 0 radical (unpaired) electrons. The molecule has 1 aromatic carbocycles. The normalized spacial score (nSPS) is 24.9. The third kappa shape index (κ3) is 3.47. The van der Waals surface area contributed by atoms with Crippen molar-refractivity contribution in [3.8, 4) is 11.5 Å². The average Bonchev–Trinajstić information content (AvgIpc) is 2.96. The van der Waals surface area contributed by atoms with Crippen molar-refractivity contribution < 1.29 is 24.5 Å². The Bertz CT molecular complexity index is 771. The molecule has 3 rings (SSSR count). The van der Waals surface area contributed by atoms with Crippen LogP contribution in [0.3, 0.4) is 0 Å². The lowest BCUT2D eigenvalue weighted by molar-refractivity contribution is 0.0294. The molecule has 2 aromatic rings. The second kappa shape index (κ2) is 7.67. The van der Waals surface area contributed by atoms with Crippen LogP contribution in [0.15, 0.2) is 36.9 Å². The smallest absolute Gasteiger partial charge is 0.251 e. The quantitative estimate of drug-likeness (QED) is 0.712. The molecule has 1 aliphatic rings. The molecular weight excluding hydrogens is 338 g/mol. The van der Waals surface area contributed by atoms with E-state index in [0.717, 1.165) is 5.56 Å². The highest BCUT2D eigenvalue weighted by Crippen LogP contribution is 2.35. The maximum absolute atomic E-state index is 12.7. The van der Waals surface area contributed by atoms with E-state index in [2.05, 4.69) is 15.3 Å². The van der Waals surface area contributed by atoms with Gasteiger partial charge in [0.2, 0.25) is 0 Å². The van der Waals surface area contributed by atoms with E-state index in [4.69, 9.17) is 9.47 Å². The van der Waals surface area contributed by atoms with E-state index in [1.54, 1.807) is 30.6 Å². The minimum absolute atomic E-state index is 0.287. The number of hydrogen-bond acceptors (Lipinski definition) is 7. The van der Waals surface area contributed by atoms with Gasteiger partial charge in [-0.3, -0.25) is 4.79 Å². The van der Waals surface area contributed by atoms with Crippen LogP contribution >= 0.6 is 0 Å². The molecule has 0 unspecified atom stereocenters. The van der Waals surface area contributed by atoms with Crippen molar-refractivity contribution in [1.82, 2.24) is 15.3 Å². The topological polar surface area (TPSA) is 114 Å². The Morgan fingerprint density at radius 2 is 1.85 bits per heavy atom. The summed E-state index contributed by atoms with van der Waals surface area (Å²) in [6.45, 7) is 0. The summed E-state index contributed by atoms with van der Waals surface area (Å²) in [6, 6.07) is 4.15. The number of nitrogens with zero attached hydrogens (tertiary/aromatic N) is 2. The standard InChI is InChI=1S/C18H21N3O5/c1-25-14-4-3-10(5-15(14)26-2)18(24)21-16-12(6-13(22)17(16)23)11-7-19-9-20-8-11/h3-5,7-9,12-13,16-17,22-23H,6H2,1-2H3,(H,21,24)/t12-,13-,16-,17-/m1/s1. The first-order valence-electron chi connectivity index (χ1n) is 8.19. The third-order valence-electron chi connectivity index (χ3n) is 4.64. The lowest BCUT2D eigenvalue weighted by Gasteiger charge is -2.23. The van der Waals surface area contributed by atoms with Crippen molar-refractivity contribution in [3.63, 3.8) is 0 Å². The molecule has 138 valence electrons. The highest BCUT2D eigenvalue weighted by Gasteiger charge is 2.43. The fourth-order valence-electron chi connectivity index (χ4n) is 3.27. The Hall–Kier alpha value is -2.71. The van der Waals surface area contributed by atoms with Crippen molar-refractivity contribution in [3.05, 3.63) is 48.0 Å². The van der Waals surface area contributed by atoms with E-state index < -0.39 is 18.2 Å². The first-order chi connectivity index (χ1) is 12.5. The molecule has 26 heavy (non-hydrogen) atoms. The van der Waals surface area contributed by atoms with Crippen LogP contribution in [0.5, 0.6) is 11.5 Å². The van der Waals surface area contributed by atoms with Gasteiger partial charge in [-0.1, -0.05) is 0 Å². The SMILES string of the molecule is COc1ccc(C(=O)N[C@H]2[C@H](O)[C@H](O)C[C@@H]2c2cncnc2)cc1OC. The van der Waals surface area contributed by atoms with Gasteiger partial charge in [-0.2, -0.15) is 0 Å². The van der Waals surface area contributed by atoms with Gasteiger partial charge in [0.25, 0.3) is 5.91 Å². The summed E-state index contributed by atoms with van der Waals surface area (Å²) < 4.78 is 10.4. The Balaban J connectivity index is 1.82. The van der Waals surface area contributed by atoms with Gasteiger partial charge in [0.15, 0.2) is 11.5 Å². The molecule has 0 saturated heterocycles. The van der Waals surface area contributed by atoms with Crippen LogP contribution in [0.2, 0.25) is 0 Å². The Morgan fingerprint density at radius 3 is 2.50 bits per heavy atom. The van der Waals surface area contributed by atoms with Crippen LogP contribution in [-0.4, -0.2) is 58.6 Å². The minimum atomic E-state index is -1.08. The molecule has 3 N–H and O–H groups in total. The summed E-state index contributed by atoms with van der Waals surface area (Å²) >= 11 is 0. The molecule has 0 spiro atoms. The largest absolute Gasteiger partial charge is 0.493 e. The summed E-state index contributed by atoms with van der Waals surface area (Å²) in [5.41, 5.74) is 1.11. The Kier molecular flexibility index (Phi) is 5.34. The maximum Gasteiger partial charge on any atom is 0.251 e. The number of benzene rings is 1. The molecule has 8 nitrogen and oxygen atoms in total. The van der Waals surface area contributed by atoms with Gasteiger partial charge in [0.05, 0.1) is 26.4 Å². The van der Waals surface area contributed by atoms with Crippen molar-refractivity contribution in [2.75, 3.05) is 14.2 Å². The number of rotatable bonds is 5. The van der Waals surface area contributed by atoms with Crippen LogP contribution < -0.4 is 14.8 Å². The molecule has 1 aliphatic carbocycles. The molecular formula is C18H21N3O5. The first-order valence-corrected chi connectivity index (χ1v) is 8.19. The highest BCUT2D eigenvalue weighted by molar-refractivity contribution is 5.95. The number of ether oxygens (including phenoxy) is 2. The molecule has 1 saturated carbocycles. The van der Waals surface area contributed by atoms with Gasteiger partial charge in [0.1, 0.15) is 12.4 Å². The zero-order valence-electron chi connectivity index (χ0n) is 14.5. The monoisotopic (exact) mass is 359 g/mol. The van der Waals surface area contributed by atoms with Crippen molar-refractivity contribution in [2.24, 2.45) is 0 Å². The first kappa shape index (κ1) is 18.1. The summed E-state index contributed by atoms with van der Waals surface area (Å²) in [5.74, 6) is 0.274. The van der Waals surface area contributed by atoms with E-state index >= 15 is 0 Å². The predicted octanol–water partition coefficient (Wildman–Crippen LogP) is 0.501. The van der Waals surface area contributed by atoms with Gasteiger partial charge in [-0.25, -0.2) is 9.97 Å². The number of aliphatic hydroxyl groups excluding tert-OH is 2. The van der Waals surface area contributed by atoms with Gasteiger partial charge < -0.3 is 25.0 Å². The molecule has 1 aromatic heterocycles. The molecule has 4 atom stereocenters. The summed E-state index contributed by atoms with van der Waals surface area (Å²) in [4.78, 5) is 20.6. The second-order valence-electron chi connectivity index (χ2n) is 6.14. The number of aliphatic hydroxyl groups is 2. The van der Waals surface area contributed by atoms with E-state index in [0.29, 0.717) is 23.5 Å². The van der Waals surface area contributed by atoms with Crippen LogP contribution in [0.4, 0.5) is 0 Å². The van der Waals surface area contributed by atoms with Crippen LogP contribution in [0.1, 0.15) is 28.3 Å². The predicted molar refractivity (Wildman–Crippen MR) is 92.2 cm³/mol. The fraction of sp³-hybridized carbons (Fsp3) is 0.389. The number of hydrogen-bond donors (Lipinski definition) is 3. The van der Waals surface area contributed by atoms with Crippen LogP contribution in [0.25, 0.3) is 0 Å². The molecule has 1 amide bonds. The minimum Gasteiger partial charge on any atom is -0.493 e. The molecule has 0 bridgehead atoms. The maximum atomic E-state index is 12.7. The molecule has 8 heteroatoms. The van der Waals surface area contributed by atoms with Crippen molar-refractivity contribution >= 4 is 5.91 Å². The molecule has 0 aliphatic heterocycles. The molecule has 1 heterocycles. The van der Waals surface area contributed by atoms with E-state index in [1.807, 2.05) is 0 Å². The summed E-state index contributed by atoms with van der Waals surface area (Å²) in [5, 5.41) is 23.2. The average molecular weight is 359 g/mol. The number of aromatic nitrogens is 2. The number of amides is 1. The summed E-state index contributed by atoms with van der Waals surface area (Å²) in [6.07, 6.45) is 2.95. The van der Waals surface area contributed by atoms with Gasteiger partial charge in [-0.05, 0) is 30.2 Å². The number of methoxy groups -OCH3 is 2. The zero-order chi connectivity index (χ0) is 18.7. The zero-order valence-corrected chi connectivity index (χ0v) is 14.5. The third-order valence-corrected chi connectivity index (χ3v) is 4.64. The van der Waals surface area contributed by atoms with E-state index in [1.165, 1.54) is 20.5 Å². The van der Waals surface area contributed by atoms with E-state index in [-0.39, 0.29) is 11.8 Å². The van der Waals surface area contributed by atoms with Crippen LogP contribution in [0, 0.1) is 0 Å². The lowest BCUT2D eigenvalue weighted by Crippen LogP contribution is -2.45. The van der Waals surface area contributed by atoms with Crippen molar-refractivity contribution in [1.29, 1.82) is 0 Å². The second-order valence-corrected chi connectivity index (χ2v) is 6.14. The van der Waals surface area contributed by atoms with Gasteiger partial charge >= 0.3 is 0 Å². The number of nitrogens with one attached hydrogen (secondary N) is 1. The highest BCUT2D eigenvalue weighted by atomic mass is 16.5. The van der Waals surface area contributed by atoms with Crippen LogP contribution in [-0.2, 0) is 0 Å². The van der Waals surface area contributed by atoms with Crippen molar-refractivity contribution in [2.45, 2.75) is 30.6 Å². The summed E-state index contributed by atoms with van der Waals surface area (Å²) in [7, 11) is 3.00. The lowest BCUT2D eigenvalue weighted by atomic mass is 9.95. The number of carbonyl (C=O) groups is 1. The van der Waals surface area contributed by atoms with Gasteiger partial charge in [-0.15, -0.1) is 0 Å². The Labute approximate surface area is 150 Å².